The number of rotatable bonds is 10. The number of amides is 4. The van der Waals surface area contributed by atoms with Crippen LogP contribution in [0.1, 0.15) is 54.4 Å². The van der Waals surface area contributed by atoms with Crippen molar-refractivity contribution >= 4 is 24.2 Å². The first-order valence-electron chi connectivity index (χ1n) is 10.1. The van der Waals surface area contributed by atoms with Crippen molar-refractivity contribution in [2.75, 3.05) is 19.6 Å². The molecule has 31 heavy (non-hydrogen) atoms. The molecule has 0 aliphatic rings. The van der Waals surface area contributed by atoms with Gasteiger partial charge in [0.25, 0.3) is 0 Å². The van der Waals surface area contributed by atoms with Crippen molar-refractivity contribution in [2.24, 2.45) is 5.73 Å². The van der Waals surface area contributed by atoms with Gasteiger partial charge in [-0.2, -0.15) is 0 Å². The molecule has 2 atom stereocenters. The van der Waals surface area contributed by atoms with Gasteiger partial charge in [-0.05, 0) is 54.4 Å². The average molecular weight is 448 g/mol. The first-order valence-corrected chi connectivity index (χ1v) is 10.1. The number of nitrogens with one attached hydrogen (secondary N) is 4. The van der Waals surface area contributed by atoms with Crippen LogP contribution in [0.3, 0.4) is 0 Å². The monoisotopic (exact) mass is 447 g/mol. The molecule has 0 unspecified atom stereocenters. The highest BCUT2D eigenvalue weighted by atomic mass is 16.6. The molecular weight excluding hydrogens is 410 g/mol. The second-order valence-electron chi connectivity index (χ2n) is 8.95. The van der Waals surface area contributed by atoms with Crippen LogP contribution in [-0.2, 0) is 14.3 Å². The van der Waals surface area contributed by atoms with Gasteiger partial charge < -0.3 is 41.6 Å². The first kappa shape index (κ1) is 28.2. The molecular formula is C19H37N5O7. The Bertz CT molecular complexity index is 614. The Kier molecular flexibility index (Phi) is 11.7. The molecule has 0 aromatic rings. The molecule has 0 rings (SSSR count). The molecule has 0 heterocycles. The Morgan fingerprint density at radius 1 is 0.871 bits per heavy atom. The summed E-state index contributed by atoms with van der Waals surface area (Å²) in [5.41, 5.74) is 4.33. The maximum absolute atomic E-state index is 12.1. The molecule has 0 fully saturated rings. The summed E-state index contributed by atoms with van der Waals surface area (Å²) in [7, 11) is 0. The molecule has 0 spiro atoms. The fraction of sp³-hybridized carbons (Fsp3) is 0.789. The van der Waals surface area contributed by atoms with Crippen LogP contribution in [0.5, 0.6) is 0 Å². The van der Waals surface area contributed by atoms with Crippen molar-refractivity contribution in [1.29, 1.82) is 0 Å². The van der Waals surface area contributed by atoms with E-state index in [4.69, 9.17) is 20.3 Å². The number of hydrogen-bond donors (Lipinski definition) is 6. The van der Waals surface area contributed by atoms with Crippen LogP contribution in [0.25, 0.3) is 0 Å². The Balaban J connectivity index is 4.67. The molecule has 12 nitrogen and oxygen atoms in total. The summed E-state index contributed by atoms with van der Waals surface area (Å²) in [6.07, 6.45) is -1.58. The second-order valence-corrected chi connectivity index (χ2v) is 8.95. The molecule has 0 saturated heterocycles. The van der Waals surface area contributed by atoms with E-state index in [9.17, 15) is 19.2 Å². The van der Waals surface area contributed by atoms with E-state index in [1.165, 1.54) is 0 Å². The predicted octanol–water partition coefficient (Wildman–Crippen LogP) is 0.896. The Morgan fingerprint density at radius 2 is 1.42 bits per heavy atom. The Morgan fingerprint density at radius 3 is 1.94 bits per heavy atom. The minimum atomic E-state index is -1.29. The van der Waals surface area contributed by atoms with E-state index in [1.54, 1.807) is 41.5 Å². The van der Waals surface area contributed by atoms with Gasteiger partial charge in [-0.3, -0.25) is 4.79 Å². The zero-order chi connectivity index (χ0) is 24.2. The SMILES string of the molecule is CC(C)(C)OC(=O)NCCC[C@@H](CNC(=O)[C@@H](N)CNC(=O)O)NC(=O)OC(C)(C)C. The lowest BCUT2D eigenvalue weighted by Gasteiger charge is -2.24. The highest BCUT2D eigenvalue weighted by Gasteiger charge is 2.22. The predicted molar refractivity (Wildman–Crippen MR) is 114 cm³/mol. The van der Waals surface area contributed by atoms with E-state index in [-0.39, 0.29) is 13.1 Å². The van der Waals surface area contributed by atoms with Crippen LogP contribution in [0.4, 0.5) is 14.4 Å². The van der Waals surface area contributed by atoms with E-state index in [0.29, 0.717) is 19.4 Å². The summed E-state index contributed by atoms with van der Waals surface area (Å²) in [5, 5.41) is 18.5. The highest BCUT2D eigenvalue weighted by molar-refractivity contribution is 5.82. The lowest BCUT2D eigenvalue weighted by atomic mass is 10.1. The van der Waals surface area contributed by atoms with E-state index in [1.807, 2.05) is 5.32 Å². The maximum Gasteiger partial charge on any atom is 0.407 e. The summed E-state index contributed by atoms with van der Waals surface area (Å²) >= 11 is 0. The van der Waals surface area contributed by atoms with Crippen molar-refractivity contribution in [3.8, 4) is 0 Å². The molecule has 12 heteroatoms. The highest BCUT2D eigenvalue weighted by Crippen LogP contribution is 2.08. The molecule has 4 amide bonds. The number of alkyl carbamates (subject to hydrolysis) is 2. The normalized spacial score (nSPS) is 13.4. The van der Waals surface area contributed by atoms with Crippen molar-refractivity contribution in [3.05, 3.63) is 0 Å². The van der Waals surface area contributed by atoms with Crippen LogP contribution in [-0.4, -0.2) is 72.2 Å². The van der Waals surface area contributed by atoms with Gasteiger partial charge in [-0.1, -0.05) is 0 Å². The largest absolute Gasteiger partial charge is 0.465 e. The summed E-state index contributed by atoms with van der Waals surface area (Å²) in [4.78, 5) is 46.3. The quantitative estimate of drug-likeness (QED) is 0.267. The minimum Gasteiger partial charge on any atom is -0.465 e. The molecule has 0 aromatic heterocycles. The van der Waals surface area contributed by atoms with Crippen LogP contribution in [0.15, 0.2) is 0 Å². The van der Waals surface area contributed by atoms with Gasteiger partial charge in [0.2, 0.25) is 5.91 Å². The van der Waals surface area contributed by atoms with Crippen LogP contribution in [0, 0.1) is 0 Å². The van der Waals surface area contributed by atoms with Gasteiger partial charge in [0.1, 0.15) is 17.2 Å². The third kappa shape index (κ3) is 16.7. The third-order valence-electron chi connectivity index (χ3n) is 3.45. The van der Waals surface area contributed by atoms with Gasteiger partial charge in [-0.25, -0.2) is 14.4 Å². The lowest BCUT2D eigenvalue weighted by molar-refractivity contribution is -0.122. The van der Waals surface area contributed by atoms with E-state index in [2.05, 4.69) is 16.0 Å². The van der Waals surface area contributed by atoms with Crippen LogP contribution >= 0.6 is 0 Å². The number of carboxylic acid groups (broad SMARTS) is 1. The minimum absolute atomic E-state index is 0.0469. The molecule has 0 aliphatic heterocycles. The summed E-state index contributed by atoms with van der Waals surface area (Å²) in [6.45, 7) is 10.5. The van der Waals surface area contributed by atoms with Gasteiger partial charge in [-0.15, -0.1) is 0 Å². The number of ether oxygens (including phenoxy) is 2. The molecule has 0 aromatic carbocycles. The zero-order valence-electron chi connectivity index (χ0n) is 19.2. The number of carbonyl (C=O) groups excluding carboxylic acids is 3. The van der Waals surface area contributed by atoms with Crippen molar-refractivity contribution in [3.63, 3.8) is 0 Å². The number of carbonyl (C=O) groups is 4. The van der Waals surface area contributed by atoms with E-state index >= 15 is 0 Å². The van der Waals surface area contributed by atoms with E-state index in [0.717, 1.165) is 0 Å². The summed E-state index contributed by atoms with van der Waals surface area (Å²) in [5.74, 6) is -0.573. The second kappa shape index (κ2) is 12.8. The van der Waals surface area contributed by atoms with Gasteiger partial charge in [0.05, 0.1) is 0 Å². The smallest absolute Gasteiger partial charge is 0.407 e. The molecule has 0 saturated carbocycles. The van der Waals surface area contributed by atoms with Gasteiger partial charge in [0, 0.05) is 25.7 Å². The molecule has 0 radical (unpaired) electrons. The average Bonchev–Trinajstić information content (AvgIpc) is 2.57. The fourth-order valence-corrected chi connectivity index (χ4v) is 2.20. The van der Waals surface area contributed by atoms with E-state index < -0.39 is 47.5 Å². The van der Waals surface area contributed by atoms with Gasteiger partial charge in [0.15, 0.2) is 0 Å². The Hall–Kier alpha value is -2.76. The van der Waals surface area contributed by atoms with Crippen molar-refractivity contribution in [2.45, 2.75) is 77.7 Å². The molecule has 180 valence electrons. The van der Waals surface area contributed by atoms with Crippen molar-refractivity contribution < 1.29 is 33.8 Å². The lowest BCUT2D eigenvalue weighted by Crippen LogP contribution is -2.51. The Labute approximate surface area is 183 Å². The first-order chi connectivity index (χ1) is 14.1. The number of hydrogen-bond acceptors (Lipinski definition) is 7. The van der Waals surface area contributed by atoms with Gasteiger partial charge >= 0.3 is 18.3 Å². The maximum atomic E-state index is 12.1. The zero-order valence-corrected chi connectivity index (χ0v) is 19.2. The fourth-order valence-electron chi connectivity index (χ4n) is 2.20. The number of nitrogens with two attached hydrogens (primary N) is 1. The molecule has 0 aliphatic carbocycles. The molecule has 7 N–H and O–H groups in total. The third-order valence-corrected chi connectivity index (χ3v) is 3.45. The van der Waals surface area contributed by atoms with Crippen molar-refractivity contribution in [1.82, 2.24) is 21.3 Å². The van der Waals surface area contributed by atoms with Crippen LogP contribution in [0.2, 0.25) is 0 Å². The van der Waals surface area contributed by atoms with Crippen LogP contribution < -0.4 is 27.0 Å². The topological polar surface area (TPSA) is 181 Å². The summed E-state index contributed by atoms with van der Waals surface area (Å²) in [6, 6.07) is -1.58. The summed E-state index contributed by atoms with van der Waals surface area (Å²) < 4.78 is 10.4. The molecule has 0 bridgehead atoms. The standard InChI is InChI=1S/C19H37N5O7/c1-18(2,3)30-16(28)21-9-7-8-12(24-17(29)31-19(4,5)6)10-22-14(25)13(20)11-23-15(26)27/h12-13,23H,7-11,20H2,1-6H3,(H,21,28)(H,22,25)(H,24,29)(H,26,27)/t12-,13-/m0/s1.